The van der Waals surface area contributed by atoms with Gasteiger partial charge >= 0.3 is 0 Å². The summed E-state index contributed by atoms with van der Waals surface area (Å²) in [5, 5.41) is 10.3. The first-order valence-electron chi connectivity index (χ1n) is 9.13. The van der Waals surface area contributed by atoms with Crippen molar-refractivity contribution in [2.75, 3.05) is 32.8 Å². The number of ether oxygens (including phenoxy) is 2. The van der Waals surface area contributed by atoms with E-state index in [4.69, 9.17) is 9.47 Å². The number of halogens is 1. The number of morpholine rings is 1. The molecule has 0 aromatic heterocycles. The Hall–Kier alpha value is -1.40. The van der Waals surface area contributed by atoms with Crippen LogP contribution in [0.25, 0.3) is 0 Å². The Kier molecular flexibility index (Phi) is 7.08. The molecule has 0 bridgehead atoms. The maximum Gasteiger partial charge on any atom is 0.119 e. The fourth-order valence-corrected chi connectivity index (χ4v) is 3.38. The largest absolute Gasteiger partial charge is 0.491 e. The molecule has 2 atom stereocenters. The van der Waals surface area contributed by atoms with Crippen molar-refractivity contribution in [1.82, 2.24) is 4.90 Å². The minimum atomic E-state index is -0.524. The van der Waals surface area contributed by atoms with Crippen molar-refractivity contribution in [3.8, 4) is 5.75 Å². The quantitative estimate of drug-likeness (QED) is 0.740. The third kappa shape index (κ3) is 5.55. The smallest absolute Gasteiger partial charge is 0.119 e. The zero-order chi connectivity index (χ0) is 18.4. The van der Waals surface area contributed by atoms with Crippen LogP contribution in [0.1, 0.15) is 24.2 Å². The molecule has 1 heterocycles. The first-order chi connectivity index (χ1) is 12.6. The van der Waals surface area contributed by atoms with Crippen molar-refractivity contribution in [1.29, 1.82) is 0 Å². The molecule has 0 radical (unpaired) electrons. The second kappa shape index (κ2) is 9.51. The molecule has 2 aromatic carbocycles. The second-order valence-corrected chi connectivity index (χ2v) is 7.55. The summed E-state index contributed by atoms with van der Waals surface area (Å²) >= 11 is 3.46. The summed E-state index contributed by atoms with van der Waals surface area (Å²) in [6.07, 6.45) is 0.538. The van der Waals surface area contributed by atoms with Crippen LogP contribution < -0.4 is 4.74 Å². The van der Waals surface area contributed by atoms with Crippen molar-refractivity contribution in [2.24, 2.45) is 0 Å². The number of aryl methyl sites for hydroxylation is 1. The third-order valence-electron chi connectivity index (χ3n) is 4.64. The number of β-amino-alcohol motifs (C(OH)–C–C–N with tert-alkyl or cyclic N) is 1. The number of rotatable bonds is 7. The highest BCUT2D eigenvalue weighted by Crippen LogP contribution is 2.24. The van der Waals surface area contributed by atoms with Crippen LogP contribution in [0.3, 0.4) is 0 Å². The van der Waals surface area contributed by atoms with Crippen LogP contribution in [-0.2, 0) is 11.2 Å². The highest BCUT2D eigenvalue weighted by atomic mass is 79.9. The van der Waals surface area contributed by atoms with Gasteiger partial charge in [0, 0.05) is 24.1 Å². The number of hydrogen-bond acceptors (Lipinski definition) is 4. The van der Waals surface area contributed by atoms with Crippen molar-refractivity contribution in [3.05, 3.63) is 64.1 Å². The topological polar surface area (TPSA) is 41.9 Å². The highest BCUT2D eigenvalue weighted by molar-refractivity contribution is 9.10. The first-order valence-corrected chi connectivity index (χ1v) is 9.92. The molecule has 2 unspecified atom stereocenters. The van der Waals surface area contributed by atoms with Gasteiger partial charge in [-0.2, -0.15) is 0 Å². The third-order valence-corrected chi connectivity index (χ3v) is 5.16. The zero-order valence-electron chi connectivity index (χ0n) is 15.1. The summed E-state index contributed by atoms with van der Waals surface area (Å²) in [6.45, 7) is 5.30. The molecule has 0 amide bonds. The van der Waals surface area contributed by atoms with Gasteiger partial charge in [0.2, 0.25) is 0 Å². The van der Waals surface area contributed by atoms with E-state index in [1.54, 1.807) is 0 Å². The number of hydrogen-bond donors (Lipinski definition) is 1. The number of aliphatic hydroxyl groups is 1. The van der Waals surface area contributed by atoms with Crippen LogP contribution in [-0.4, -0.2) is 49.0 Å². The highest BCUT2D eigenvalue weighted by Gasteiger charge is 2.23. The lowest BCUT2D eigenvalue weighted by Crippen LogP contribution is -2.43. The van der Waals surface area contributed by atoms with Crippen molar-refractivity contribution >= 4 is 15.9 Å². The van der Waals surface area contributed by atoms with E-state index in [2.05, 4.69) is 52.0 Å². The number of nitrogens with zero attached hydrogens (tertiary/aromatic N) is 1. The van der Waals surface area contributed by atoms with E-state index in [1.165, 1.54) is 11.1 Å². The second-order valence-electron chi connectivity index (χ2n) is 6.63. The van der Waals surface area contributed by atoms with E-state index >= 15 is 0 Å². The van der Waals surface area contributed by atoms with Gasteiger partial charge in [0.05, 0.1) is 12.7 Å². The molecule has 0 saturated carbocycles. The number of benzene rings is 2. The Morgan fingerprint density at radius 3 is 2.62 bits per heavy atom. The Balaban J connectivity index is 1.47. The Morgan fingerprint density at radius 2 is 1.92 bits per heavy atom. The molecule has 140 valence electrons. The SMILES string of the molecule is CCc1ccc(OCC(O)CN2CCOC(c3ccc(Br)cc3)C2)cc1. The molecule has 5 heteroatoms. The van der Waals surface area contributed by atoms with Crippen molar-refractivity contribution in [3.63, 3.8) is 0 Å². The van der Waals surface area contributed by atoms with Crippen molar-refractivity contribution in [2.45, 2.75) is 25.6 Å². The predicted octanol–water partition coefficient (Wildman–Crippen LogP) is 3.82. The maximum absolute atomic E-state index is 10.3. The van der Waals surface area contributed by atoms with E-state index in [9.17, 15) is 5.11 Å². The van der Waals surface area contributed by atoms with Crippen LogP contribution in [0.5, 0.6) is 5.75 Å². The summed E-state index contributed by atoms with van der Waals surface area (Å²) in [5.41, 5.74) is 2.45. The van der Waals surface area contributed by atoms with Crippen LogP contribution in [0, 0.1) is 0 Å². The van der Waals surface area contributed by atoms with Gasteiger partial charge in [-0.05, 0) is 41.8 Å². The molecular formula is C21H26BrNO3. The summed E-state index contributed by atoms with van der Waals surface area (Å²) < 4.78 is 12.7. The van der Waals surface area contributed by atoms with Gasteiger partial charge in [-0.25, -0.2) is 0 Å². The van der Waals surface area contributed by atoms with Gasteiger partial charge in [-0.15, -0.1) is 0 Å². The molecular weight excluding hydrogens is 394 g/mol. The molecule has 1 aliphatic heterocycles. The molecule has 1 N–H and O–H groups in total. The van der Waals surface area contributed by atoms with Gasteiger partial charge in [0.25, 0.3) is 0 Å². The molecule has 2 aromatic rings. The molecule has 1 saturated heterocycles. The Morgan fingerprint density at radius 1 is 1.19 bits per heavy atom. The van der Waals surface area contributed by atoms with Crippen molar-refractivity contribution < 1.29 is 14.6 Å². The van der Waals surface area contributed by atoms with Gasteiger partial charge in [-0.1, -0.05) is 47.1 Å². The Labute approximate surface area is 163 Å². The summed E-state index contributed by atoms with van der Waals surface area (Å²) in [4.78, 5) is 2.24. The zero-order valence-corrected chi connectivity index (χ0v) is 16.7. The van der Waals surface area contributed by atoms with Crippen LogP contribution in [0.2, 0.25) is 0 Å². The first kappa shape index (κ1) is 19.4. The molecule has 26 heavy (non-hydrogen) atoms. The maximum atomic E-state index is 10.3. The standard InChI is InChI=1S/C21H26BrNO3/c1-2-16-3-9-20(10-4-16)26-15-19(24)13-23-11-12-25-21(14-23)17-5-7-18(22)8-6-17/h3-10,19,21,24H,2,11-15H2,1H3. The lowest BCUT2D eigenvalue weighted by atomic mass is 10.1. The average molecular weight is 420 g/mol. The molecule has 1 aliphatic rings. The molecule has 1 fully saturated rings. The molecule has 3 rings (SSSR count). The van der Waals surface area contributed by atoms with Gasteiger partial charge in [-0.3, -0.25) is 4.90 Å². The van der Waals surface area contributed by atoms with E-state index in [-0.39, 0.29) is 6.10 Å². The van der Waals surface area contributed by atoms with Crippen LogP contribution in [0.15, 0.2) is 53.0 Å². The summed E-state index contributed by atoms with van der Waals surface area (Å²) in [6, 6.07) is 16.3. The van der Waals surface area contributed by atoms with E-state index in [0.717, 1.165) is 29.7 Å². The predicted molar refractivity (Wildman–Crippen MR) is 107 cm³/mol. The average Bonchev–Trinajstić information content (AvgIpc) is 2.67. The van der Waals surface area contributed by atoms with Crippen LogP contribution in [0.4, 0.5) is 0 Å². The lowest BCUT2D eigenvalue weighted by molar-refractivity contribution is -0.0459. The van der Waals surface area contributed by atoms with Gasteiger partial charge in [0.1, 0.15) is 18.5 Å². The lowest BCUT2D eigenvalue weighted by Gasteiger charge is -2.34. The number of aliphatic hydroxyl groups excluding tert-OH is 1. The Bertz CT molecular complexity index is 675. The normalized spacial score (nSPS) is 19.3. The minimum absolute atomic E-state index is 0.0477. The van der Waals surface area contributed by atoms with E-state index < -0.39 is 6.10 Å². The van der Waals surface area contributed by atoms with E-state index in [0.29, 0.717) is 19.8 Å². The van der Waals surface area contributed by atoms with Crippen LogP contribution >= 0.6 is 15.9 Å². The molecule has 0 aliphatic carbocycles. The van der Waals surface area contributed by atoms with Gasteiger partial charge in [0.15, 0.2) is 0 Å². The fourth-order valence-electron chi connectivity index (χ4n) is 3.11. The van der Waals surface area contributed by atoms with Gasteiger partial charge < -0.3 is 14.6 Å². The summed E-state index contributed by atoms with van der Waals surface area (Å²) in [5.74, 6) is 0.802. The molecule has 0 spiro atoms. The fraction of sp³-hybridized carbons (Fsp3) is 0.429. The minimum Gasteiger partial charge on any atom is -0.491 e. The van der Waals surface area contributed by atoms with E-state index in [1.807, 2.05) is 24.3 Å². The monoisotopic (exact) mass is 419 g/mol. The summed E-state index contributed by atoms with van der Waals surface area (Å²) in [7, 11) is 0. The molecule has 4 nitrogen and oxygen atoms in total.